The zero-order valence-corrected chi connectivity index (χ0v) is 19.5. The zero-order valence-electron chi connectivity index (χ0n) is 19.5. The topological polar surface area (TPSA) is 113 Å². The molecule has 0 aromatic carbocycles. The van der Waals surface area contributed by atoms with E-state index < -0.39 is 0 Å². The van der Waals surface area contributed by atoms with Crippen molar-refractivity contribution >= 4 is 17.5 Å². The number of H-pyrrole nitrogens is 1. The third-order valence-electron chi connectivity index (χ3n) is 6.25. The molecule has 9 heteroatoms. The van der Waals surface area contributed by atoms with E-state index in [0.717, 1.165) is 52.8 Å². The molecule has 5 rings (SSSR count). The van der Waals surface area contributed by atoms with Gasteiger partial charge in [0.1, 0.15) is 5.82 Å². The van der Waals surface area contributed by atoms with Gasteiger partial charge in [-0.1, -0.05) is 6.07 Å². The molecule has 174 valence electrons. The first-order valence-electron chi connectivity index (χ1n) is 11.5. The predicted octanol–water partition coefficient (Wildman–Crippen LogP) is 4.12. The normalized spacial score (nSPS) is 18.2. The molecule has 3 N–H and O–H groups in total. The number of amides is 1. The summed E-state index contributed by atoms with van der Waals surface area (Å²) in [7, 11) is 0. The Hall–Kier alpha value is -4.01. The maximum Gasteiger partial charge on any atom is 0.223 e. The first-order chi connectivity index (χ1) is 16.4. The highest BCUT2D eigenvalue weighted by atomic mass is 16.2. The Labute approximate surface area is 198 Å². The lowest BCUT2D eigenvalue weighted by Gasteiger charge is -2.35. The van der Waals surface area contributed by atoms with Crippen molar-refractivity contribution in [1.29, 1.82) is 0 Å². The van der Waals surface area contributed by atoms with E-state index in [1.807, 2.05) is 50.4 Å². The highest BCUT2D eigenvalue weighted by Crippen LogP contribution is 2.42. The number of carbonyl (C=O) groups is 1. The van der Waals surface area contributed by atoms with Crippen molar-refractivity contribution in [3.8, 4) is 5.82 Å². The van der Waals surface area contributed by atoms with E-state index in [1.165, 1.54) is 0 Å². The molecule has 1 aliphatic carbocycles. The van der Waals surface area contributed by atoms with Crippen LogP contribution < -0.4 is 10.6 Å². The lowest BCUT2D eigenvalue weighted by atomic mass is 9.72. The van der Waals surface area contributed by atoms with Crippen molar-refractivity contribution in [1.82, 2.24) is 35.3 Å². The second-order valence-electron chi connectivity index (χ2n) is 9.01. The van der Waals surface area contributed by atoms with E-state index in [9.17, 15) is 4.79 Å². The predicted molar refractivity (Wildman–Crippen MR) is 129 cm³/mol. The van der Waals surface area contributed by atoms with Crippen molar-refractivity contribution in [3.63, 3.8) is 0 Å². The standard InChI is InChI=1S/C25H28N8O/c1-15-9-21(29-22(10-15)30-23-11-16(2)31-32-23)19-12-20(13-19)25(34)28-17(3)18-5-6-24(26-14-18)33-8-4-7-27-33/h4-11,14,17,19-20H,12-13H2,1-3H3,(H,28,34)(H2,29,30,31,32)/t17-,19?,20?/m1/s1. The third-order valence-corrected chi connectivity index (χ3v) is 6.25. The Bertz CT molecular complexity index is 1270. The second-order valence-corrected chi connectivity index (χ2v) is 9.01. The highest BCUT2D eigenvalue weighted by Gasteiger charge is 2.36. The Kier molecular flexibility index (Phi) is 5.83. The molecule has 1 atom stereocenters. The van der Waals surface area contributed by atoms with Crippen LogP contribution in [-0.2, 0) is 4.79 Å². The molecule has 0 bridgehead atoms. The number of aromatic amines is 1. The van der Waals surface area contributed by atoms with Gasteiger partial charge in [-0.15, -0.1) is 0 Å². The SMILES string of the molecule is Cc1cc(Nc2cc(C)[nH]n2)nc(C2CC(C(=O)N[C@H](C)c3ccc(-n4cccn4)nc3)C2)c1. The minimum Gasteiger partial charge on any atom is -0.349 e. The zero-order chi connectivity index (χ0) is 23.7. The van der Waals surface area contributed by atoms with Gasteiger partial charge in [0.2, 0.25) is 5.91 Å². The Morgan fingerprint density at radius 1 is 1.18 bits per heavy atom. The smallest absolute Gasteiger partial charge is 0.223 e. The second kappa shape index (κ2) is 9.09. The number of hydrogen-bond donors (Lipinski definition) is 3. The first kappa shape index (κ1) is 21.8. The molecule has 1 amide bonds. The maximum atomic E-state index is 12.8. The van der Waals surface area contributed by atoms with Crippen LogP contribution in [-0.4, -0.2) is 35.9 Å². The van der Waals surface area contributed by atoms with E-state index >= 15 is 0 Å². The van der Waals surface area contributed by atoms with Crippen LogP contribution >= 0.6 is 0 Å². The molecule has 34 heavy (non-hydrogen) atoms. The number of nitrogens with one attached hydrogen (secondary N) is 3. The van der Waals surface area contributed by atoms with Gasteiger partial charge in [0.15, 0.2) is 11.6 Å². The molecule has 1 aliphatic rings. The van der Waals surface area contributed by atoms with Gasteiger partial charge in [-0.3, -0.25) is 9.89 Å². The van der Waals surface area contributed by atoms with Gasteiger partial charge in [0.05, 0.1) is 6.04 Å². The van der Waals surface area contributed by atoms with Gasteiger partial charge in [0.25, 0.3) is 0 Å². The van der Waals surface area contributed by atoms with Gasteiger partial charge < -0.3 is 10.6 Å². The van der Waals surface area contributed by atoms with Crippen LogP contribution in [0.5, 0.6) is 0 Å². The largest absolute Gasteiger partial charge is 0.349 e. The Morgan fingerprint density at radius 2 is 2.03 bits per heavy atom. The summed E-state index contributed by atoms with van der Waals surface area (Å²) in [6.07, 6.45) is 6.95. The quantitative estimate of drug-likeness (QED) is 0.386. The summed E-state index contributed by atoms with van der Waals surface area (Å²) in [4.78, 5) is 22.1. The minimum atomic E-state index is -0.115. The molecule has 0 aliphatic heterocycles. The fraction of sp³-hybridized carbons (Fsp3) is 0.320. The molecule has 4 heterocycles. The van der Waals surface area contributed by atoms with Crippen LogP contribution in [0.15, 0.2) is 55.0 Å². The van der Waals surface area contributed by atoms with Crippen molar-refractivity contribution < 1.29 is 4.79 Å². The van der Waals surface area contributed by atoms with Crippen LogP contribution in [0.3, 0.4) is 0 Å². The highest BCUT2D eigenvalue weighted by molar-refractivity contribution is 5.80. The van der Waals surface area contributed by atoms with E-state index in [-0.39, 0.29) is 23.8 Å². The van der Waals surface area contributed by atoms with Gasteiger partial charge in [-0.25, -0.2) is 14.6 Å². The molecular weight excluding hydrogens is 428 g/mol. The summed E-state index contributed by atoms with van der Waals surface area (Å²) in [5.74, 6) is 2.62. The molecule has 0 unspecified atom stereocenters. The monoisotopic (exact) mass is 456 g/mol. The number of nitrogens with zero attached hydrogens (tertiary/aromatic N) is 5. The molecule has 1 saturated carbocycles. The average molecular weight is 457 g/mol. The Morgan fingerprint density at radius 3 is 2.71 bits per heavy atom. The summed E-state index contributed by atoms with van der Waals surface area (Å²) >= 11 is 0. The fourth-order valence-electron chi connectivity index (χ4n) is 4.26. The number of aryl methyl sites for hydroxylation is 2. The number of anilines is 2. The molecular formula is C25H28N8O. The molecule has 4 aromatic heterocycles. The van der Waals surface area contributed by atoms with Gasteiger partial charge >= 0.3 is 0 Å². The molecule has 0 spiro atoms. The Balaban J connectivity index is 1.17. The van der Waals surface area contributed by atoms with E-state index in [0.29, 0.717) is 0 Å². The van der Waals surface area contributed by atoms with Crippen LogP contribution in [0.1, 0.15) is 54.2 Å². The van der Waals surface area contributed by atoms with E-state index in [4.69, 9.17) is 4.98 Å². The van der Waals surface area contributed by atoms with Crippen LogP contribution in [0.2, 0.25) is 0 Å². The molecule has 1 fully saturated rings. The summed E-state index contributed by atoms with van der Waals surface area (Å²) < 4.78 is 1.71. The molecule has 9 nitrogen and oxygen atoms in total. The number of rotatable bonds is 7. The van der Waals surface area contributed by atoms with Crippen LogP contribution in [0.25, 0.3) is 5.82 Å². The lowest BCUT2D eigenvalue weighted by Crippen LogP contribution is -2.39. The van der Waals surface area contributed by atoms with Gasteiger partial charge in [0, 0.05) is 47.9 Å². The van der Waals surface area contributed by atoms with Crippen molar-refractivity contribution in [2.45, 2.75) is 45.6 Å². The number of aromatic nitrogens is 6. The van der Waals surface area contributed by atoms with Crippen LogP contribution in [0, 0.1) is 19.8 Å². The first-order valence-corrected chi connectivity index (χ1v) is 11.5. The average Bonchev–Trinajstić information content (AvgIpc) is 3.44. The fourth-order valence-corrected chi connectivity index (χ4v) is 4.26. The summed E-state index contributed by atoms with van der Waals surface area (Å²) in [6, 6.07) is 11.7. The maximum absolute atomic E-state index is 12.8. The van der Waals surface area contributed by atoms with Crippen molar-refractivity contribution in [2.75, 3.05) is 5.32 Å². The number of carbonyl (C=O) groups excluding carboxylic acids is 1. The van der Waals surface area contributed by atoms with Crippen LogP contribution in [0.4, 0.5) is 11.6 Å². The van der Waals surface area contributed by atoms with E-state index in [1.54, 1.807) is 17.1 Å². The minimum absolute atomic E-state index is 0.00327. The van der Waals surface area contributed by atoms with Gasteiger partial charge in [-0.05, 0) is 69.0 Å². The van der Waals surface area contributed by atoms with Crippen molar-refractivity contribution in [3.05, 3.63) is 77.5 Å². The number of hydrogen-bond acceptors (Lipinski definition) is 6. The summed E-state index contributed by atoms with van der Waals surface area (Å²) in [6.45, 7) is 6.00. The lowest BCUT2D eigenvalue weighted by molar-refractivity contribution is -0.128. The molecule has 4 aromatic rings. The van der Waals surface area contributed by atoms with Crippen molar-refractivity contribution in [2.24, 2.45) is 5.92 Å². The molecule has 0 saturated heterocycles. The summed E-state index contributed by atoms with van der Waals surface area (Å²) in [5.41, 5.74) is 4.10. The number of pyridine rings is 2. The van der Waals surface area contributed by atoms with Gasteiger partial charge in [-0.2, -0.15) is 10.2 Å². The molecule has 0 radical (unpaired) electrons. The summed E-state index contributed by atoms with van der Waals surface area (Å²) in [5, 5.41) is 17.7. The van der Waals surface area contributed by atoms with E-state index in [2.05, 4.69) is 43.9 Å². The third kappa shape index (κ3) is 4.68.